The van der Waals surface area contributed by atoms with E-state index in [1.807, 2.05) is 36.4 Å². The normalized spacial score (nSPS) is 10.5. The van der Waals surface area contributed by atoms with Gasteiger partial charge in [-0.1, -0.05) is 31.9 Å². The van der Waals surface area contributed by atoms with Gasteiger partial charge in [0, 0.05) is 19.3 Å². The van der Waals surface area contributed by atoms with Gasteiger partial charge in [-0.05, 0) is 48.4 Å². The first-order valence-electron chi connectivity index (χ1n) is 8.99. The van der Waals surface area contributed by atoms with Crippen LogP contribution in [0.4, 0.5) is 5.69 Å². The zero-order valence-electron chi connectivity index (χ0n) is 15.3. The predicted octanol–water partition coefficient (Wildman–Crippen LogP) is 4.89. The molecule has 0 spiro atoms. The topological polar surface area (TPSA) is 39.7 Å². The van der Waals surface area contributed by atoms with Crippen LogP contribution in [0, 0.1) is 0 Å². The Morgan fingerprint density at radius 1 is 0.760 bits per heavy atom. The summed E-state index contributed by atoms with van der Waals surface area (Å²) in [5, 5.41) is 3.41. The van der Waals surface area contributed by atoms with Gasteiger partial charge in [-0.15, -0.1) is 0 Å². The Hall–Kier alpha value is -2.20. The fourth-order valence-corrected chi connectivity index (χ4v) is 2.36. The van der Waals surface area contributed by atoms with Crippen molar-refractivity contribution in [1.82, 2.24) is 0 Å². The molecule has 0 amide bonds. The molecule has 136 valence electrons. The Bertz CT molecular complexity index is 581. The molecule has 2 aromatic carbocycles. The van der Waals surface area contributed by atoms with Gasteiger partial charge in [0.15, 0.2) is 0 Å². The van der Waals surface area contributed by atoms with Gasteiger partial charge < -0.3 is 19.5 Å². The first-order chi connectivity index (χ1) is 12.3. The highest BCUT2D eigenvalue weighted by atomic mass is 16.5. The van der Waals surface area contributed by atoms with Crippen LogP contribution in [0.25, 0.3) is 0 Å². The SMILES string of the molecule is CCCCCOc1ccc(CNc2ccc(OCCOC)cc2)cc1. The molecule has 0 fully saturated rings. The van der Waals surface area contributed by atoms with E-state index in [4.69, 9.17) is 14.2 Å². The second kappa shape index (κ2) is 11.4. The standard InChI is InChI=1S/C21H29NO3/c1-3-4-5-14-24-20-10-6-18(7-11-20)17-22-19-8-12-21(13-9-19)25-16-15-23-2/h6-13,22H,3-5,14-17H2,1-2H3. The van der Waals surface area contributed by atoms with Gasteiger partial charge in [-0.3, -0.25) is 0 Å². The molecule has 0 aromatic heterocycles. The smallest absolute Gasteiger partial charge is 0.119 e. The van der Waals surface area contributed by atoms with Crippen molar-refractivity contribution in [2.45, 2.75) is 32.7 Å². The van der Waals surface area contributed by atoms with Crippen molar-refractivity contribution in [1.29, 1.82) is 0 Å². The summed E-state index contributed by atoms with van der Waals surface area (Å²) in [5.74, 6) is 1.80. The number of rotatable bonds is 12. The van der Waals surface area contributed by atoms with Crippen molar-refractivity contribution in [3.05, 3.63) is 54.1 Å². The number of nitrogens with one attached hydrogen (secondary N) is 1. The minimum atomic E-state index is 0.566. The second-order valence-corrected chi connectivity index (χ2v) is 5.92. The first kappa shape index (κ1) is 19.1. The number of unbranched alkanes of at least 4 members (excludes halogenated alkanes) is 2. The van der Waals surface area contributed by atoms with Crippen molar-refractivity contribution in [2.24, 2.45) is 0 Å². The quantitative estimate of drug-likeness (QED) is 0.557. The van der Waals surface area contributed by atoms with E-state index in [0.29, 0.717) is 13.2 Å². The van der Waals surface area contributed by atoms with E-state index in [-0.39, 0.29) is 0 Å². The Morgan fingerprint density at radius 3 is 2.04 bits per heavy atom. The molecule has 0 heterocycles. The molecule has 0 atom stereocenters. The van der Waals surface area contributed by atoms with Gasteiger partial charge in [-0.2, -0.15) is 0 Å². The summed E-state index contributed by atoms with van der Waals surface area (Å²) in [6.45, 7) is 4.93. The van der Waals surface area contributed by atoms with Crippen LogP contribution in [-0.2, 0) is 11.3 Å². The van der Waals surface area contributed by atoms with Crippen LogP contribution in [0.3, 0.4) is 0 Å². The average molecular weight is 343 g/mol. The van der Waals surface area contributed by atoms with Gasteiger partial charge >= 0.3 is 0 Å². The van der Waals surface area contributed by atoms with Crippen molar-refractivity contribution >= 4 is 5.69 Å². The molecule has 0 aliphatic rings. The highest BCUT2D eigenvalue weighted by Gasteiger charge is 1.98. The molecule has 0 bridgehead atoms. The van der Waals surface area contributed by atoms with Crippen molar-refractivity contribution < 1.29 is 14.2 Å². The minimum Gasteiger partial charge on any atom is -0.494 e. The Labute approximate surface area is 151 Å². The number of hydrogen-bond donors (Lipinski definition) is 1. The van der Waals surface area contributed by atoms with Crippen molar-refractivity contribution in [3.8, 4) is 11.5 Å². The zero-order valence-corrected chi connectivity index (χ0v) is 15.3. The average Bonchev–Trinajstić information content (AvgIpc) is 2.66. The van der Waals surface area contributed by atoms with Gasteiger partial charge in [-0.25, -0.2) is 0 Å². The summed E-state index contributed by atoms with van der Waals surface area (Å²) in [5.41, 5.74) is 2.29. The van der Waals surface area contributed by atoms with Crippen LogP contribution >= 0.6 is 0 Å². The molecule has 0 unspecified atom stereocenters. The summed E-state index contributed by atoms with van der Waals surface area (Å²) < 4.78 is 16.3. The first-order valence-corrected chi connectivity index (χ1v) is 8.99. The van der Waals surface area contributed by atoms with Gasteiger partial charge in [0.1, 0.15) is 18.1 Å². The molecular weight excluding hydrogens is 314 g/mol. The van der Waals surface area contributed by atoms with Crippen molar-refractivity contribution in [3.63, 3.8) is 0 Å². The zero-order chi connectivity index (χ0) is 17.7. The third-order valence-corrected chi connectivity index (χ3v) is 3.85. The van der Waals surface area contributed by atoms with Crippen LogP contribution in [0.15, 0.2) is 48.5 Å². The summed E-state index contributed by atoms with van der Waals surface area (Å²) in [6.07, 6.45) is 3.55. The molecule has 0 saturated carbocycles. The highest BCUT2D eigenvalue weighted by molar-refractivity contribution is 5.47. The summed E-state index contributed by atoms with van der Waals surface area (Å²) in [7, 11) is 1.67. The van der Waals surface area contributed by atoms with E-state index in [1.54, 1.807) is 7.11 Å². The number of benzene rings is 2. The minimum absolute atomic E-state index is 0.566. The Kier molecular flexibility index (Phi) is 8.70. The third-order valence-electron chi connectivity index (χ3n) is 3.85. The summed E-state index contributed by atoms with van der Waals surface area (Å²) in [4.78, 5) is 0. The van der Waals surface area contributed by atoms with Crippen LogP contribution in [0.5, 0.6) is 11.5 Å². The lowest BCUT2D eigenvalue weighted by molar-refractivity contribution is 0.146. The van der Waals surface area contributed by atoms with E-state index in [1.165, 1.54) is 18.4 Å². The number of methoxy groups -OCH3 is 1. The maximum Gasteiger partial charge on any atom is 0.119 e. The van der Waals surface area contributed by atoms with Crippen LogP contribution in [-0.4, -0.2) is 26.9 Å². The Morgan fingerprint density at radius 2 is 1.40 bits per heavy atom. The van der Waals surface area contributed by atoms with Gasteiger partial charge in [0.05, 0.1) is 13.2 Å². The molecule has 4 nitrogen and oxygen atoms in total. The van der Waals surface area contributed by atoms with E-state index in [2.05, 4.69) is 24.4 Å². The molecule has 4 heteroatoms. The predicted molar refractivity (Wildman–Crippen MR) is 103 cm³/mol. The number of ether oxygens (including phenoxy) is 3. The lowest BCUT2D eigenvalue weighted by Gasteiger charge is -2.10. The van der Waals surface area contributed by atoms with Crippen molar-refractivity contribution in [2.75, 3.05) is 32.2 Å². The fraction of sp³-hybridized carbons (Fsp3) is 0.429. The highest BCUT2D eigenvalue weighted by Crippen LogP contribution is 2.18. The third kappa shape index (κ3) is 7.48. The lowest BCUT2D eigenvalue weighted by atomic mass is 10.2. The molecule has 25 heavy (non-hydrogen) atoms. The van der Waals surface area contributed by atoms with E-state index in [0.717, 1.165) is 36.8 Å². The van der Waals surface area contributed by atoms with Crippen LogP contribution < -0.4 is 14.8 Å². The molecule has 2 aromatic rings. The van der Waals surface area contributed by atoms with E-state index < -0.39 is 0 Å². The van der Waals surface area contributed by atoms with Gasteiger partial charge in [0.2, 0.25) is 0 Å². The van der Waals surface area contributed by atoms with E-state index >= 15 is 0 Å². The summed E-state index contributed by atoms with van der Waals surface area (Å²) >= 11 is 0. The van der Waals surface area contributed by atoms with E-state index in [9.17, 15) is 0 Å². The number of anilines is 1. The lowest BCUT2D eigenvalue weighted by Crippen LogP contribution is -2.04. The number of hydrogen-bond acceptors (Lipinski definition) is 4. The molecule has 0 aliphatic heterocycles. The molecule has 0 radical (unpaired) electrons. The molecule has 0 aliphatic carbocycles. The molecule has 2 rings (SSSR count). The van der Waals surface area contributed by atoms with Gasteiger partial charge in [0.25, 0.3) is 0 Å². The molecule has 1 N–H and O–H groups in total. The Balaban J connectivity index is 1.73. The second-order valence-electron chi connectivity index (χ2n) is 5.92. The maximum absolute atomic E-state index is 5.74. The maximum atomic E-state index is 5.74. The van der Waals surface area contributed by atoms with Crippen LogP contribution in [0.1, 0.15) is 31.7 Å². The van der Waals surface area contributed by atoms with Crippen LogP contribution in [0.2, 0.25) is 0 Å². The summed E-state index contributed by atoms with van der Waals surface area (Å²) in [6, 6.07) is 16.2. The molecular formula is C21H29NO3. The fourth-order valence-electron chi connectivity index (χ4n) is 2.36. The monoisotopic (exact) mass is 343 g/mol. The molecule has 0 saturated heterocycles. The largest absolute Gasteiger partial charge is 0.494 e.